The molecule has 1 aliphatic heterocycles. The predicted octanol–water partition coefficient (Wildman–Crippen LogP) is 5.11. The van der Waals surface area contributed by atoms with E-state index >= 15 is 0 Å². The van der Waals surface area contributed by atoms with E-state index in [1.165, 1.54) is 24.8 Å². The summed E-state index contributed by atoms with van der Waals surface area (Å²) in [6, 6.07) is 8.43. The summed E-state index contributed by atoms with van der Waals surface area (Å²) in [5.74, 6) is 2.85. The Labute approximate surface area is 157 Å². The molecule has 3 nitrogen and oxygen atoms in total. The number of para-hydroxylation sites is 1. The Hall–Kier alpha value is -1.35. The lowest BCUT2D eigenvalue weighted by Gasteiger charge is -2.57. The Balaban J connectivity index is 1.46. The molecule has 4 bridgehead atoms. The standard InChI is InChI=1S/C23H31NO2/c1-15(2)26-21-7-8-24(20-6-4-3-5-19(20)21)22(25)23-12-16-9-17(13-23)11-18(10-16)14-23/h3-6,15-18,21H,7-14H2,1-2H3. The van der Waals surface area contributed by atoms with Crippen LogP contribution in [0.3, 0.4) is 0 Å². The minimum Gasteiger partial charge on any atom is -0.371 e. The van der Waals surface area contributed by atoms with Gasteiger partial charge in [-0.05, 0) is 82.6 Å². The van der Waals surface area contributed by atoms with Crippen LogP contribution in [0.15, 0.2) is 24.3 Å². The number of nitrogens with zero attached hydrogens (tertiary/aromatic N) is 1. The van der Waals surface area contributed by atoms with E-state index in [9.17, 15) is 4.79 Å². The lowest BCUT2D eigenvalue weighted by atomic mass is 9.49. The summed E-state index contributed by atoms with van der Waals surface area (Å²) >= 11 is 0. The Morgan fingerprint density at radius 1 is 1.08 bits per heavy atom. The zero-order chi connectivity index (χ0) is 17.9. The molecule has 4 aliphatic carbocycles. The largest absolute Gasteiger partial charge is 0.371 e. The molecule has 1 unspecified atom stereocenters. The van der Waals surface area contributed by atoms with Crippen molar-refractivity contribution in [3.63, 3.8) is 0 Å². The third-order valence-corrected chi connectivity index (χ3v) is 7.36. The van der Waals surface area contributed by atoms with Gasteiger partial charge in [-0.25, -0.2) is 0 Å². The van der Waals surface area contributed by atoms with Crippen molar-refractivity contribution in [1.29, 1.82) is 0 Å². The molecule has 5 aliphatic rings. The van der Waals surface area contributed by atoms with Gasteiger partial charge in [0.15, 0.2) is 0 Å². The predicted molar refractivity (Wildman–Crippen MR) is 103 cm³/mol. The molecule has 4 saturated carbocycles. The number of fused-ring (bicyclic) bond motifs is 1. The summed E-state index contributed by atoms with van der Waals surface area (Å²) in [5.41, 5.74) is 2.24. The molecule has 0 saturated heterocycles. The average molecular weight is 354 g/mol. The molecule has 1 heterocycles. The fraction of sp³-hybridized carbons (Fsp3) is 0.696. The van der Waals surface area contributed by atoms with Gasteiger partial charge in [-0.15, -0.1) is 0 Å². The first-order valence-electron chi connectivity index (χ1n) is 10.6. The number of benzene rings is 1. The molecule has 0 radical (unpaired) electrons. The number of amides is 1. The normalized spacial score (nSPS) is 37.9. The zero-order valence-electron chi connectivity index (χ0n) is 16.1. The molecule has 1 aromatic rings. The Morgan fingerprint density at radius 2 is 1.69 bits per heavy atom. The van der Waals surface area contributed by atoms with Crippen LogP contribution in [0.25, 0.3) is 0 Å². The average Bonchev–Trinajstić information content (AvgIpc) is 2.60. The quantitative estimate of drug-likeness (QED) is 0.756. The van der Waals surface area contributed by atoms with E-state index in [0.29, 0.717) is 5.91 Å². The number of hydrogen-bond acceptors (Lipinski definition) is 2. The summed E-state index contributed by atoms with van der Waals surface area (Å²) in [5, 5.41) is 0. The van der Waals surface area contributed by atoms with Gasteiger partial charge in [0.25, 0.3) is 0 Å². The summed E-state index contributed by atoms with van der Waals surface area (Å²) in [4.78, 5) is 16.0. The Kier molecular flexibility index (Phi) is 3.93. The molecule has 0 N–H and O–H groups in total. The van der Waals surface area contributed by atoms with E-state index in [1.54, 1.807) is 0 Å². The van der Waals surface area contributed by atoms with Gasteiger partial charge < -0.3 is 9.64 Å². The van der Waals surface area contributed by atoms with Crippen LogP contribution < -0.4 is 4.90 Å². The van der Waals surface area contributed by atoms with E-state index in [2.05, 4.69) is 43.0 Å². The third-order valence-electron chi connectivity index (χ3n) is 7.36. The minimum absolute atomic E-state index is 0.0619. The van der Waals surface area contributed by atoms with Crippen molar-refractivity contribution in [2.24, 2.45) is 23.2 Å². The molecule has 3 heteroatoms. The first-order valence-corrected chi connectivity index (χ1v) is 10.6. The van der Waals surface area contributed by atoms with Crippen molar-refractivity contribution >= 4 is 11.6 Å². The van der Waals surface area contributed by atoms with Crippen LogP contribution in [-0.4, -0.2) is 18.6 Å². The molecule has 0 aromatic heterocycles. The van der Waals surface area contributed by atoms with Crippen molar-refractivity contribution in [1.82, 2.24) is 0 Å². The number of ether oxygens (including phenoxy) is 1. The SMILES string of the molecule is CC(C)OC1CCN(C(=O)C23CC4CC(CC(C4)C2)C3)c2ccccc21. The summed E-state index contributed by atoms with van der Waals surface area (Å²) in [7, 11) is 0. The fourth-order valence-corrected chi connectivity index (χ4v) is 6.87. The highest BCUT2D eigenvalue weighted by molar-refractivity contribution is 5.99. The van der Waals surface area contributed by atoms with Gasteiger partial charge in [0.1, 0.15) is 0 Å². The van der Waals surface area contributed by atoms with Crippen LogP contribution >= 0.6 is 0 Å². The highest BCUT2D eigenvalue weighted by Crippen LogP contribution is 2.61. The third kappa shape index (κ3) is 2.62. The van der Waals surface area contributed by atoms with Crippen molar-refractivity contribution in [2.75, 3.05) is 11.4 Å². The van der Waals surface area contributed by atoms with Crippen LogP contribution in [0.5, 0.6) is 0 Å². The topological polar surface area (TPSA) is 29.5 Å². The van der Waals surface area contributed by atoms with Gasteiger partial charge in [0.05, 0.1) is 17.6 Å². The van der Waals surface area contributed by atoms with E-state index in [1.807, 2.05) is 0 Å². The molecule has 1 aromatic carbocycles. The number of rotatable bonds is 3. The molecule has 0 spiro atoms. The van der Waals surface area contributed by atoms with Gasteiger partial charge in [-0.1, -0.05) is 18.2 Å². The highest BCUT2D eigenvalue weighted by Gasteiger charge is 2.56. The molecular weight excluding hydrogens is 322 g/mol. The second-order valence-corrected chi connectivity index (χ2v) is 9.68. The van der Waals surface area contributed by atoms with Gasteiger partial charge in [-0.3, -0.25) is 4.79 Å². The van der Waals surface area contributed by atoms with E-state index in [-0.39, 0.29) is 17.6 Å². The summed E-state index contributed by atoms with van der Waals surface area (Å²) in [6.45, 7) is 4.99. The van der Waals surface area contributed by atoms with Crippen molar-refractivity contribution < 1.29 is 9.53 Å². The van der Waals surface area contributed by atoms with Crippen LogP contribution in [0.4, 0.5) is 5.69 Å². The molecule has 1 atom stereocenters. The van der Waals surface area contributed by atoms with Crippen molar-refractivity contribution in [3.05, 3.63) is 29.8 Å². The Bertz CT molecular complexity index is 675. The van der Waals surface area contributed by atoms with Crippen LogP contribution in [0, 0.1) is 23.2 Å². The molecule has 1 amide bonds. The van der Waals surface area contributed by atoms with Gasteiger partial charge in [0.2, 0.25) is 5.91 Å². The van der Waals surface area contributed by atoms with Crippen LogP contribution in [0.1, 0.15) is 70.5 Å². The molecule has 4 fully saturated rings. The number of anilines is 1. The van der Waals surface area contributed by atoms with Gasteiger partial charge in [0, 0.05) is 17.8 Å². The van der Waals surface area contributed by atoms with Crippen LogP contribution in [-0.2, 0) is 9.53 Å². The molecule has 140 valence electrons. The van der Waals surface area contributed by atoms with Gasteiger partial charge >= 0.3 is 0 Å². The monoisotopic (exact) mass is 353 g/mol. The molecule has 6 rings (SSSR count). The van der Waals surface area contributed by atoms with E-state index in [4.69, 9.17) is 4.74 Å². The van der Waals surface area contributed by atoms with E-state index < -0.39 is 0 Å². The van der Waals surface area contributed by atoms with E-state index in [0.717, 1.165) is 55.7 Å². The highest BCUT2D eigenvalue weighted by atomic mass is 16.5. The number of carbonyl (C=O) groups excluding carboxylic acids is 1. The lowest BCUT2D eigenvalue weighted by Crippen LogP contribution is -2.55. The van der Waals surface area contributed by atoms with Crippen molar-refractivity contribution in [3.8, 4) is 0 Å². The molecular formula is C23H31NO2. The Morgan fingerprint density at radius 3 is 2.31 bits per heavy atom. The zero-order valence-corrected chi connectivity index (χ0v) is 16.1. The first kappa shape index (κ1) is 16.8. The number of hydrogen-bond donors (Lipinski definition) is 0. The van der Waals surface area contributed by atoms with Crippen LogP contribution in [0.2, 0.25) is 0 Å². The second kappa shape index (κ2) is 6.09. The maximum Gasteiger partial charge on any atom is 0.233 e. The molecule has 26 heavy (non-hydrogen) atoms. The maximum atomic E-state index is 13.8. The smallest absolute Gasteiger partial charge is 0.233 e. The second-order valence-electron chi connectivity index (χ2n) is 9.68. The van der Waals surface area contributed by atoms with Crippen molar-refractivity contribution in [2.45, 2.75) is 71.0 Å². The maximum absolute atomic E-state index is 13.8. The van der Waals surface area contributed by atoms with Gasteiger partial charge in [-0.2, -0.15) is 0 Å². The lowest BCUT2D eigenvalue weighted by molar-refractivity contribution is -0.143. The summed E-state index contributed by atoms with van der Waals surface area (Å²) in [6.07, 6.45) is 8.81. The number of carbonyl (C=O) groups is 1. The summed E-state index contributed by atoms with van der Waals surface area (Å²) < 4.78 is 6.16. The first-order chi connectivity index (χ1) is 12.5. The minimum atomic E-state index is -0.0619. The fourth-order valence-electron chi connectivity index (χ4n) is 6.87.